The van der Waals surface area contributed by atoms with E-state index in [0.717, 1.165) is 11.6 Å². The summed E-state index contributed by atoms with van der Waals surface area (Å²) in [4.78, 5) is 18.3. The Kier molecular flexibility index (Phi) is 4.01. The van der Waals surface area contributed by atoms with Crippen LogP contribution in [0.4, 0.5) is 0 Å². The highest BCUT2D eigenvalue weighted by molar-refractivity contribution is 5.72. The minimum atomic E-state index is -0.00608. The van der Waals surface area contributed by atoms with E-state index in [1.165, 1.54) is 51.4 Å². The number of carbonyl (C=O) groups excluding carboxylic acids is 1. The summed E-state index contributed by atoms with van der Waals surface area (Å²) in [7, 11) is 0. The number of hydrogen-bond donors (Lipinski definition) is 1. The van der Waals surface area contributed by atoms with Crippen molar-refractivity contribution in [2.45, 2.75) is 45.2 Å². The van der Waals surface area contributed by atoms with Crippen LogP contribution in [0.2, 0.25) is 0 Å². The van der Waals surface area contributed by atoms with Gasteiger partial charge in [0.2, 0.25) is 5.91 Å². The number of hydrogen-bond acceptors (Lipinski definition) is 3. The smallest absolute Gasteiger partial charge is 0.217 e. The zero-order valence-electron chi connectivity index (χ0n) is 12.1. The molecule has 3 rings (SSSR count). The van der Waals surface area contributed by atoms with Gasteiger partial charge in [0, 0.05) is 13.5 Å². The highest BCUT2D eigenvalue weighted by atomic mass is 16.1. The fraction of sp³-hybridized carbons (Fsp3) is 0.625. The predicted molar refractivity (Wildman–Crippen MR) is 78.0 cm³/mol. The summed E-state index contributed by atoms with van der Waals surface area (Å²) in [6, 6.07) is 6.66. The second-order valence-corrected chi connectivity index (χ2v) is 6.06. The van der Waals surface area contributed by atoms with Crippen molar-refractivity contribution in [1.82, 2.24) is 15.2 Å². The Hall–Kier alpha value is -1.42. The van der Waals surface area contributed by atoms with Crippen molar-refractivity contribution in [3.63, 3.8) is 0 Å². The molecule has 1 aromatic heterocycles. The number of carbonyl (C=O) groups is 1. The van der Waals surface area contributed by atoms with Gasteiger partial charge in [-0.3, -0.25) is 14.7 Å². The van der Waals surface area contributed by atoms with Gasteiger partial charge in [-0.05, 0) is 50.3 Å². The lowest BCUT2D eigenvalue weighted by atomic mass is 10.1. The Morgan fingerprint density at radius 2 is 2.25 bits per heavy atom. The zero-order valence-corrected chi connectivity index (χ0v) is 12.1. The van der Waals surface area contributed by atoms with E-state index in [4.69, 9.17) is 4.98 Å². The van der Waals surface area contributed by atoms with Crippen LogP contribution in [-0.2, 0) is 11.3 Å². The number of pyridine rings is 1. The Morgan fingerprint density at radius 1 is 1.40 bits per heavy atom. The van der Waals surface area contributed by atoms with Gasteiger partial charge in [-0.1, -0.05) is 6.07 Å². The van der Waals surface area contributed by atoms with Crippen molar-refractivity contribution < 1.29 is 4.79 Å². The lowest BCUT2D eigenvalue weighted by Crippen LogP contribution is -2.26. The van der Waals surface area contributed by atoms with Crippen LogP contribution < -0.4 is 5.32 Å². The SMILES string of the molecule is CC(=O)NCc1cccc(C2CCCN2CC2CC2)n1. The number of nitrogens with one attached hydrogen (secondary N) is 1. The summed E-state index contributed by atoms with van der Waals surface area (Å²) >= 11 is 0. The van der Waals surface area contributed by atoms with Crippen LogP contribution in [0.25, 0.3) is 0 Å². The molecule has 0 radical (unpaired) electrons. The standard InChI is InChI=1S/C16H23N3O/c1-12(20)17-10-14-4-2-5-15(18-14)16-6-3-9-19(16)11-13-7-8-13/h2,4-5,13,16H,3,6-11H2,1H3,(H,17,20). The fourth-order valence-corrected chi connectivity index (χ4v) is 3.01. The third kappa shape index (κ3) is 3.37. The summed E-state index contributed by atoms with van der Waals surface area (Å²) in [6.07, 6.45) is 5.29. The second kappa shape index (κ2) is 5.92. The van der Waals surface area contributed by atoms with Gasteiger partial charge in [-0.25, -0.2) is 0 Å². The number of nitrogens with zero attached hydrogens (tertiary/aromatic N) is 2. The molecular weight excluding hydrogens is 250 g/mol. The van der Waals surface area contributed by atoms with Crippen molar-refractivity contribution in [2.24, 2.45) is 5.92 Å². The van der Waals surface area contributed by atoms with Gasteiger partial charge in [0.1, 0.15) is 0 Å². The summed E-state index contributed by atoms with van der Waals surface area (Å²) in [5, 5.41) is 2.82. The van der Waals surface area contributed by atoms with E-state index in [1.54, 1.807) is 0 Å². The van der Waals surface area contributed by atoms with E-state index in [9.17, 15) is 4.79 Å². The first-order valence-corrected chi connectivity index (χ1v) is 7.66. The predicted octanol–water partition coefficient (Wildman–Crippen LogP) is 2.26. The Labute approximate surface area is 120 Å². The van der Waals surface area contributed by atoms with E-state index in [0.29, 0.717) is 12.6 Å². The van der Waals surface area contributed by atoms with Crippen LogP contribution in [0.15, 0.2) is 18.2 Å². The van der Waals surface area contributed by atoms with E-state index in [-0.39, 0.29) is 5.91 Å². The third-order valence-corrected chi connectivity index (χ3v) is 4.24. The maximum Gasteiger partial charge on any atom is 0.217 e. The Morgan fingerprint density at radius 3 is 3.00 bits per heavy atom. The van der Waals surface area contributed by atoms with Crippen LogP contribution in [-0.4, -0.2) is 28.9 Å². The summed E-state index contributed by atoms with van der Waals surface area (Å²) in [5.74, 6) is 0.923. The molecule has 0 aromatic carbocycles. The second-order valence-electron chi connectivity index (χ2n) is 6.06. The molecule has 0 bridgehead atoms. The molecule has 1 atom stereocenters. The van der Waals surface area contributed by atoms with E-state index >= 15 is 0 Å². The summed E-state index contributed by atoms with van der Waals surface area (Å²) < 4.78 is 0. The van der Waals surface area contributed by atoms with E-state index in [2.05, 4.69) is 22.3 Å². The van der Waals surface area contributed by atoms with Gasteiger partial charge < -0.3 is 5.32 Å². The number of likely N-dealkylation sites (tertiary alicyclic amines) is 1. The van der Waals surface area contributed by atoms with Crippen LogP contribution in [0.3, 0.4) is 0 Å². The van der Waals surface area contributed by atoms with Gasteiger partial charge in [-0.2, -0.15) is 0 Å². The van der Waals surface area contributed by atoms with Gasteiger partial charge in [0.25, 0.3) is 0 Å². The molecule has 1 saturated heterocycles. The van der Waals surface area contributed by atoms with Crippen molar-refractivity contribution >= 4 is 5.91 Å². The number of amides is 1. The van der Waals surface area contributed by atoms with Gasteiger partial charge in [-0.15, -0.1) is 0 Å². The molecule has 2 aliphatic rings. The first-order valence-electron chi connectivity index (χ1n) is 7.66. The normalized spacial score (nSPS) is 22.9. The molecular formula is C16H23N3O. The molecule has 1 aromatic rings. The molecule has 108 valence electrons. The van der Waals surface area contributed by atoms with Crippen LogP contribution in [0.5, 0.6) is 0 Å². The van der Waals surface area contributed by atoms with Crippen molar-refractivity contribution in [3.8, 4) is 0 Å². The lowest BCUT2D eigenvalue weighted by molar-refractivity contribution is -0.119. The van der Waals surface area contributed by atoms with Gasteiger partial charge >= 0.3 is 0 Å². The topological polar surface area (TPSA) is 45.2 Å². The molecule has 1 amide bonds. The number of rotatable bonds is 5. The quantitative estimate of drug-likeness (QED) is 0.895. The average Bonchev–Trinajstić information content (AvgIpc) is 3.13. The van der Waals surface area contributed by atoms with Crippen LogP contribution in [0.1, 0.15) is 50.0 Å². The maximum absolute atomic E-state index is 11.0. The molecule has 1 saturated carbocycles. The molecule has 4 heteroatoms. The monoisotopic (exact) mass is 273 g/mol. The third-order valence-electron chi connectivity index (χ3n) is 4.24. The minimum Gasteiger partial charge on any atom is -0.351 e. The number of aromatic nitrogens is 1. The fourth-order valence-electron chi connectivity index (χ4n) is 3.01. The van der Waals surface area contributed by atoms with E-state index in [1.807, 2.05) is 6.07 Å². The minimum absolute atomic E-state index is 0.00608. The van der Waals surface area contributed by atoms with Crippen molar-refractivity contribution in [1.29, 1.82) is 0 Å². The van der Waals surface area contributed by atoms with Gasteiger partial charge in [0.15, 0.2) is 0 Å². The largest absolute Gasteiger partial charge is 0.351 e. The molecule has 4 nitrogen and oxygen atoms in total. The summed E-state index contributed by atoms with van der Waals surface area (Å²) in [5.41, 5.74) is 2.13. The molecule has 1 N–H and O–H groups in total. The van der Waals surface area contributed by atoms with Gasteiger partial charge in [0.05, 0.1) is 24.0 Å². The van der Waals surface area contributed by atoms with Crippen LogP contribution >= 0.6 is 0 Å². The molecule has 0 spiro atoms. The molecule has 20 heavy (non-hydrogen) atoms. The molecule has 2 fully saturated rings. The molecule has 2 heterocycles. The van der Waals surface area contributed by atoms with Crippen LogP contribution in [0, 0.1) is 5.92 Å². The molecule has 1 unspecified atom stereocenters. The first kappa shape index (κ1) is 13.6. The van der Waals surface area contributed by atoms with E-state index < -0.39 is 0 Å². The average molecular weight is 273 g/mol. The van der Waals surface area contributed by atoms with Crippen molar-refractivity contribution in [2.75, 3.05) is 13.1 Å². The molecule has 1 aliphatic heterocycles. The Balaban J connectivity index is 1.68. The highest BCUT2D eigenvalue weighted by Gasteiger charge is 2.32. The zero-order chi connectivity index (χ0) is 13.9. The first-order chi connectivity index (χ1) is 9.72. The lowest BCUT2D eigenvalue weighted by Gasteiger charge is -2.24. The van der Waals surface area contributed by atoms with Crippen molar-refractivity contribution in [3.05, 3.63) is 29.6 Å². The molecule has 1 aliphatic carbocycles. The Bertz CT molecular complexity index is 484. The summed E-state index contributed by atoms with van der Waals surface area (Å²) in [6.45, 7) is 4.51. The highest BCUT2D eigenvalue weighted by Crippen LogP contribution is 2.37. The maximum atomic E-state index is 11.0.